The molecule has 1 N–H and O–H groups in total. The number of nitrogens with zero attached hydrogens (tertiary/aromatic N) is 1. The van der Waals surface area contributed by atoms with Crippen molar-refractivity contribution >= 4 is 16.5 Å². The summed E-state index contributed by atoms with van der Waals surface area (Å²) < 4.78 is 2.46. The Morgan fingerprint density at radius 3 is 2.64 bits per heavy atom. The van der Waals surface area contributed by atoms with Crippen molar-refractivity contribution < 1.29 is 0 Å². The quantitative estimate of drug-likeness (QED) is 0.551. The number of fused-ring (bicyclic) bond motifs is 5. The van der Waals surface area contributed by atoms with Gasteiger partial charge in [0.1, 0.15) is 0 Å². The van der Waals surface area contributed by atoms with Crippen LogP contribution in [0.3, 0.4) is 0 Å². The van der Waals surface area contributed by atoms with E-state index in [1.54, 1.807) is 0 Å². The normalized spacial score (nSPS) is 18.6. The second-order valence-electron chi connectivity index (χ2n) is 7.45. The molecule has 2 nitrogen and oxygen atoms in total. The molecular formula is C26H24N2. The first-order valence-electron chi connectivity index (χ1n) is 9.96. The van der Waals surface area contributed by atoms with Crippen molar-refractivity contribution in [2.45, 2.75) is 26.2 Å². The lowest BCUT2D eigenvalue weighted by molar-refractivity contribution is 0.702. The lowest BCUT2D eigenvalue weighted by atomic mass is 9.89. The fraction of sp³-hybridized carbons (Fsp3) is 0.154. The SMILES string of the molecule is C/C=C\C1=C(C)NC2=CC=CCC2c2c1c1ccccc1n2-c1ccccc1. The Balaban J connectivity index is 1.96. The molecule has 1 aliphatic carbocycles. The summed E-state index contributed by atoms with van der Waals surface area (Å²) in [4.78, 5) is 0. The molecule has 2 aliphatic rings. The molecule has 3 aromatic rings. The Morgan fingerprint density at radius 2 is 1.82 bits per heavy atom. The second-order valence-corrected chi connectivity index (χ2v) is 7.45. The van der Waals surface area contributed by atoms with E-state index >= 15 is 0 Å². The molecule has 1 atom stereocenters. The molecule has 0 saturated carbocycles. The molecule has 0 bridgehead atoms. The highest BCUT2D eigenvalue weighted by Gasteiger charge is 2.32. The lowest BCUT2D eigenvalue weighted by Gasteiger charge is -2.24. The highest BCUT2D eigenvalue weighted by Crippen LogP contribution is 2.45. The standard InChI is InChI=1S/C26H24N2/c1-3-11-20-18(2)27-23-16-9-7-14-21(23)26-25(20)22-15-8-10-17-24(22)28(26)19-12-5-4-6-13-19/h3-13,15-17,21,27H,14H2,1-2H3/b11-3-. The van der Waals surface area contributed by atoms with Crippen LogP contribution in [0.25, 0.3) is 22.2 Å². The molecular weight excluding hydrogens is 340 g/mol. The van der Waals surface area contributed by atoms with Crippen LogP contribution in [0.4, 0.5) is 0 Å². The Hall–Kier alpha value is -3.26. The van der Waals surface area contributed by atoms with Crippen LogP contribution in [0.2, 0.25) is 0 Å². The van der Waals surface area contributed by atoms with E-state index in [4.69, 9.17) is 0 Å². The third-order valence-corrected chi connectivity index (χ3v) is 5.75. The van der Waals surface area contributed by atoms with Crippen molar-refractivity contribution in [1.29, 1.82) is 0 Å². The third-order valence-electron chi connectivity index (χ3n) is 5.75. The average Bonchev–Trinajstić information content (AvgIpc) is 3.01. The molecule has 1 unspecified atom stereocenters. The molecule has 0 spiro atoms. The fourth-order valence-corrected chi connectivity index (χ4v) is 4.59. The topological polar surface area (TPSA) is 17.0 Å². The predicted molar refractivity (Wildman–Crippen MR) is 118 cm³/mol. The zero-order chi connectivity index (χ0) is 19.1. The number of para-hydroxylation sites is 2. The Morgan fingerprint density at radius 1 is 1.04 bits per heavy atom. The number of aromatic nitrogens is 1. The van der Waals surface area contributed by atoms with Gasteiger partial charge in [0.25, 0.3) is 0 Å². The Bertz CT molecular complexity index is 1170. The van der Waals surface area contributed by atoms with Crippen molar-refractivity contribution in [3.8, 4) is 5.69 Å². The van der Waals surface area contributed by atoms with Gasteiger partial charge in [-0.05, 0) is 44.5 Å². The van der Waals surface area contributed by atoms with Gasteiger partial charge in [0, 0.05) is 45.2 Å². The maximum atomic E-state index is 3.72. The Kier molecular flexibility index (Phi) is 4.05. The number of allylic oxidation sites excluding steroid dienone is 8. The second kappa shape index (κ2) is 6.72. The van der Waals surface area contributed by atoms with Gasteiger partial charge in [-0.2, -0.15) is 0 Å². The van der Waals surface area contributed by atoms with Gasteiger partial charge in [-0.3, -0.25) is 0 Å². The van der Waals surface area contributed by atoms with E-state index in [0.717, 1.165) is 6.42 Å². The number of benzene rings is 2. The van der Waals surface area contributed by atoms with Gasteiger partial charge >= 0.3 is 0 Å². The van der Waals surface area contributed by atoms with E-state index in [1.165, 1.54) is 44.8 Å². The van der Waals surface area contributed by atoms with Crippen LogP contribution in [-0.2, 0) is 0 Å². The van der Waals surface area contributed by atoms with Crippen LogP contribution < -0.4 is 5.32 Å². The van der Waals surface area contributed by atoms with Crippen molar-refractivity contribution in [2.24, 2.45) is 0 Å². The molecule has 2 aromatic carbocycles. The van der Waals surface area contributed by atoms with Gasteiger partial charge in [-0.25, -0.2) is 0 Å². The van der Waals surface area contributed by atoms with Gasteiger partial charge in [-0.1, -0.05) is 60.7 Å². The molecule has 138 valence electrons. The van der Waals surface area contributed by atoms with Crippen molar-refractivity contribution in [3.05, 3.63) is 108 Å². The summed E-state index contributed by atoms with van der Waals surface area (Å²) in [6.45, 7) is 4.28. The van der Waals surface area contributed by atoms with Crippen LogP contribution in [0.1, 0.15) is 37.4 Å². The van der Waals surface area contributed by atoms with Crippen LogP contribution >= 0.6 is 0 Å². The molecule has 1 aliphatic heterocycles. The minimum atomic E-state index is 0.310. The first-order valence-corrected chi connectivity index (χ1v) is 9.96. The molecule has 2 heteroatoms. The van der Waals surface area contributed by atoms with E-state index in [9.17, 15) is 0 Å². The van der Waals surface area contributed by atoms with Crippen molar-refractivity contribution in [1.82, 2.24) is 9.88 Å². The largest absolute Gasteiger partial charge is 0.361 e. The smallest absolute Gasteiger partial charge is 0.0538 e. The van der Waals surface area contributed by atoms with Gasteiger partial charge < -0.3 is 9.88 Å². The molecule has 0 amide bonds. The third kappa shape index (κ3) is 2.49. The summed E-state index contributed by atoms with van der Waals surface area (Å²) >= 11 is 0. The summed E-state index contributed by atoms with van der Waals surface area (Å²) in [5.74, 6) is 0.310. The number of rotatable bonds is 2. The summed E-state index contributed by atoms with van der Waals surface area (Å²) in [7, 11) is 0. The molecule has 2 heterocycles. The van der Waals surface area contributed by atoms with Crippen LogP contribution in [0.5, 0.6) is 0 Å². The number of nitrogens with one attached hydrogen (secondary N) is 1. The maximum absolute atomic E-state index is 3.72. The fourth-order valence-electron chi connectivity index (χ4n) is 4.59. The highest BCUT2D eigenvalue weighted by molar-refractivity contribution is 5.99. The van der Waals surface area contributed by atoms with E-state index < -0.39 is 0 Å². The average molecular weight is 364 g/mol. The summed E-state index contributed by atoms with van der Waals surface area (Å²) in [5.41, 5.74) is 8.98. The monoisotopic (exact) mass is 364 g/mol. The van der Waals surface area contributed by atoms with Crippen LogP contribution in [0, 0.1) is 0 Å². The van der Waals surface area contributed by atoms with Gasteiger partial charge in [-0.15, -0.1) is 0 Å². The molecule has 0 fully saturated rings. The summed E-state index contributed by atoms with van der Waals surface area (Å²) in [6.07, 6.45) is 12.1. The number of hydrogen-bond acceptors (Lipinski definition) is 1. The summed E-state index contributed by atoms with van der Waals surface area (Å²) in [5, 5.41) is 5.03. The minimum Gasteiger partial charge on any atom is -0.361 e. The molecule has 28 heavy (non-hydrogen) atoms. The Labute approximate surface area is 166 Å². The lowest BCUT2D eigenvalue weighted by Crippen LogP contribution is -2.19. The van der Waals surface area contributed by atoms with Gasteiger partial charge in [0.15, 0.2) is 0 Å². The van der Waals surface area contributed by atoms with Crippen molar-refractivity contribution in [2.75, 3.05) is 0 Å². The zero-order valence-corrected chi connectivity index (χ0v) is 16.3. The van der Waals surface area contributed by atoms with Crippen molar-refractivity contribution in [3.63, 3.8) is 0 Å². The first-order chi connectivity index (χ1) is 13.8. The molecule has 0 radical (unpaired) electrons. The van der Waals surface area contributed by atoms with Crippen LogP contribution in [-0.4, -0.2) is 4.57 Å². The summed E-state index contributed by atoms with van der Waals surface area (Å²) in [6, 6.07) is 19.5. The van der Waals surface area contributed by atoms with E-state index in [-0.39, 0.29) is 0 Å². The van der Waals surface area contributed by atoms with Gasteiger partial charge in [0.05, 0.1) is 5.52 Å². The van der Waals surface area contributed by atoms with E-state index in [0.29, 0.717) is 5.92 Å². The maximum Gasteiger partial charge on any atom is 0.0538 e. The predicted octanol–water partition coefficient (Wildman–Crippen LogP) is 6.47. The highest BCUT2D eigenvalue weighted by atomic mass is 15.0. The molecule has 0 saturated heterocycles. The number of hydrogen-bond donors (Lipinski definition) is 1. The first kappa shape index (κ1) is 16.9. The molecule has 5 rings (SSSR count). The minimum absolute atomic E-state index is 0.310. The van der Waals surface area contributed by atoms with Crippen LogP contribution in [0.15, 0.2) is 96.4 Å². The zero-order valence-electron chi connectivity index (χ0n) is 16.3. The van der Waals surface area contributed by atoms with E-state index in [1.807, 2.05) is 0 Å². The molecule has 1 aromatic heterocycles. The van der Waals surface area contributed by atoms with E-state index in [2.05, 4.69) is 109 Å². The van der Waals surface area contributed by atoms with Gasteiger partial charge in [0.2, 0.25) is 0 Å².